The van der Waals surface area contributed by atoms with Crippen LogP contribution in [0.15, 0.2) is 28.8 Å². The maximum Gasteiger partial charge on any atom is 0.229 e. The fourth-order valence-electron chi connectivity index (χ4n) is 2.71. The van der Waals surface area contributed by atoms with Crippen molar-refractivity contribution in [1.82, 2.24) is 15.0 Å². The van der Waals surface area contributed by atoms with E-state index >= 15 is 0 Å². The Labute approximate surface area is 129 Å². The molecule has 1 fully saturated rings. The Balaban J connectivity index is 1.61. The Hall–Kier alpha value is -1.95. The van der Waals surface area contributed by atoms with E-state index in [0.717, 1.165) is 19.4 Å². The van der Waals surface area contributed by atoms with Crippen LogP contribution in [0, 0.1) is 5.82 Å². The second-order valence-electron chi connectivity index (χ2n) is 5.82. The number of aromatic nitrogens is 2. The summed E-state index contributed by atoms with van der Waals surface area (Å²) >= 11 is 0. The number of piperidine rings is 1. The van der Waals surface area contributed by atoms with Crippen molar-refractivity contribution in [2.75, 3.05) is 13.6 Å². The molecular weight excluding hydrogens is 285 g/mol. The van der Waals surface area contributed by atoms with Gasteiger partial charge in [0.1, 0.15) is 0 Å². The second kappa shape index (κ2) is 6.44. The third kappa shape index (κ3) is 3.27. The van der Waals surface area contributed by atoms with Gasteiger partial charge >= 0.3 is 0 Å². The maximum atomic E-state index is 13.5. The minimum absolute atomic E-state index is 0.104. The van der Waals surface area contributed by atoms with Crippen molar-refractivity contribution in [3.8, 4) is 5.75 Å². The van der Waals surface area contributed by atoms with Crippen LogP contribution >= 0.6 is 0 Å². The van der Waals surface area contributed by atoms with Crippen LogP contribution in [-0.4, -0.2) is 34.7 Å². The summed E-state index contributed by atoms with van der Waals surface area (Å²) in [7, 11) is 2.13. The molecule has 5 nitrogen and oxygen atoms in total. The Morgan fingerprint density at radius 3 is 3.00 bits per heavy atom. The van der Waals surface area contributed by atoms with Crippen LogP contribution in [0.1, 0.15) is 37.4 Å². The lowest BCUT2D eigenvalue weighted by atomic mass is 9.92. The molecule has 0 amide bonds. The van der Waals surface area contributed by atoms with E-state index in [1.807, 2.05) is 0 Å². The predicted octanol–water partition coefficient (Wildman–Crippen LogP) is 2.99. The molecule has 0 spiro atoms. The summed E-state index contributed by atoms with van der Waals surface area (Å²) in [5.74, 6) is 1.20. The molecule has 2 atom stereocenters. The topological polar surface area (TPSA) is 51.4 Å². The van der Waals surface area contributed by atoms with Gasteiger partial charge in [-0.05, 0) is 45.5 Å². The molecule has 1 aromatic heterocycles. The first-order chi connectivity index (χ1) is 10.6. The van der Waals surface area contributed by atoms with E-state index < -0.39 is 5.82 Å². The van der Waals surface area contributed by atoms with Gasteiger partial charge in [0.05, 0.1) is 0 Å². The number of halogens is 1. The first-order valence-corrected chi connectivity index (χ1v) is 7.53. The molecule has 0 bridgehead atoms. The average molecular weight is 305 g/mol. The first-order valence-electron chi connectivity index (χ1n) is 7.53. The Kier molecular flexibility index (Phi) is 4.38. The highest BCUT2D eigenvalue weighted by atomic mass is 19.1. The zero-order chi connectivity index (χ0) is 15.5. The molecular formula is C16H20FN3O2. The van der Waals surface area contributed by atoms with E-state index in [2.05, 4.69) is 29.0 Å². The van der Waals surface area contributed by atoms with Gasteiger partial charge in [-0.1, -0.05) is 17.3 Å². The summed E-state index contributed by atoms with van der Waals surface area (Å²) in [4.78, 5) is 6.72. The van der Waals surface area contributed by atoms with Crippen molar-refractivity contribution < 1.29 is 13.7 Å². The van der Waals surface area contributed by atoms with Gasteiger partial charge < -0.3 is 14.2 Å². The molecule has 3 rings (SSSR count). The van der Waals surface area contributed by atoms with E-state index in [9.17, 15) is 4.39 Å². The van der Waals surface area contributed by atoms with Crippen molar-refractivity contribution in [3.63, 3.8) is 0 Å². The van der Waals surface area contributed by atoms with Gasteiger partial charge in [-0.3, -0.25) is 0 Å². The highest BCUT2D eigenvalue weighted by Gasteiger charge is 2.28. The standard InChI is InChI=1S/C16H20FN3O2/c1-11-9-12(7-8-20(11)2)16-18-15(19-22-16)10-21-14-6-4-3-5-13(14)17/h3-6,11-12H,7-10H2,1-2H3/t11-,12-/m0/s1. The first kappa shape index (κ1) is 15.0. The summed E-state index contributed by atoms with van der Waals surface area (Å²) in [6.45, 7) is 3.33. The van der Waals surface area contributed by atoms with Crippen LogP contribution in [-0.2, 0) is 6.61 Å². The second-order valence-corrected chi connectivity index (χ2v) is 5.82. The minimum Gasteiger partial charge on any atom is -0.482 e. The lowest BCUT2D eigenvalue weighted by Gasteiger charge is -2.33. The lowest BCUT2D eigenvalue weighted by molar-refractivity contribution is 0.166. The third-order valence-corrected chi connectivity index (χ3v) is 4.23. The van der Waals surface area contributed by atoms with Crippen molar-refractivity contribution in [2.45, 2.75) is 38.3 Å². The maximum absolute atomic E-state index is 13.5. The number of benzene rings is 1. The molecule has 0 radical (unpaired) electrons. The Morgan fingerprint density at radius 2 is 2.23 bits per heavy atom. The van der Waals surface area contributed by atoms with Gasteiger partial charge in [0, 0.05) is 12.0 Å². The average Bonchev–Trinajstić information content (AvgIpc) is 2.98. The van der Waals surface area contributed by atoms with Crippen LogP contribution in [0.2, 0.25) is 0 Å². The number of para-hydroxylation sites is 1. The normalized spacial score (nSPS) is 22.7. The van der Waals surface area contributed by atoms with Crippen molar-refractivity contribution in [1.29, 1.82) is 0 Å². The number of rotatable bonds is 4. The van der Waals surface area contributed by atoms with Gasteiger partial charge in [0.15, 0.2) is 18.2 Å². The highest BCUT2D eigenvalue weighted by molar-refractivity contribution is 5.23. The van der Waals surface area contributed by atoms with E-state index in [4.69, 9.17) is 9.26 Å². The van der Waals surface area contributed by atoms with Crippen molar-refractivity contribution in [2.24, 2.45) is 0 Å². The number of nitrogens with zero attached hydrogens (tertiary/aromatic N) is 3. The van der Waals surface area contributed by atoms with E-state index in [1.165, 1.54) is 6.07 Å². The number of hydrogen-bond acceptors (Lipinski definition) is 5. The smallest absolute Gasteiger partial charge is 0.229 e. The van der Waals surface area contributed by atoms with Crippen LogP contribution in [0.4, 0.5) is 4.39 Å². The molecule has 0 saturated carbocycles. The molecule has 22 heavy (non-hydrogen) atoms. The van der Waals surface area contributed by atoms with Gasteiger partial charge in [-0.25, -0.2) is 4.39 Å². The summed E-state index contributed by atoms with van der Waals surface area (Å²) in [6.07, 6.45) is 2.02. The monoisotopic (exact) mass is 305 g/mol. The van der Waals surface area contributed by atoms with Crippen molar-refractivity contribution in [3.05, 3.63) is 41.8 Å². The zero-order valence-electron chi connectivity index (χ0n) is 12.8. The largest absolute Gasteiger partial charge is 0.482 e. The fourth-order valence-corrected chi connectivity index (χ4v) is 2.71. The molecule has 2 heterocycles. The molecule has 1 aliphatic heterocycles. The number of hydrogen-bond donors (Lipinski definition) is 0. The zero-order valence-corrected chi connectivity index (χ0v) is 12.8. The van der Waals surface area contributed by atoms with Gasteiger partial charge in [0.2, 0.25) is 11.7 Å². The van der Waals surface area contributed by atoms with E-state index in [-0.39, 0.29) is 12.4 Å². The molecule has 1 saturated heterocycles. The summed E-state index contributed by atoms with van der Waals surface area (Å²) < 4.78 is 24.2. The molecule has 2 aromatic rings. The molecule has 0 unspecified atom stereocenters. The fraction of sp³-hybridized carbons (Fsp3) is 0.500. The summed E-state index contributed by atoms with van der Waals surface area (Å²) in [6, 6.07) is 6.78. The summed E-state index contributed by atoms with van der Waals surface area (Å²) in [5, 5.41) is 3.93. The van der Waals surface area contributed by atoms with Crippen LogP contribution < -0.4 is 4.74 Å². The Bertz CT molecular complexity index is 631. The van der Waals surface area contributed by atoms with Crippen molar-refractivity contribution >= 4 is 0 Å². The quantitative estimate of drug-likeness (QED) is 0.869. The predicted molar refractivity (Wildman–Crippen MR) is 79.1 cm³/mol. The Morgan fingerprint density at radius 1 is 1.41 bits per heavy atom. The lowest BCUT2D eigenvalue weighted by Crippen LogP contribution is -2.37. The van der Waals surface area contributed by atoms with E-state index in [0.29, 0.717) is 23.7 Å². The van der Waals surface area contributed by atoms with Gasteiger partial charge in [-0.15, -0.1) is 0 Å². The van der Waals surface area contributed by atoms with Crippen LogP contribution in [0.5, 0.6) is 5.75 Å². The third-order valence-electron chi connectivity index (χ3n) is 4.23. The molecule has 0 N–H and O–H groups in total. The SMILES string of the molecule is C[C@H]1C[C@@H](c2nc(COc3ccccc3F)no2)CCN1C. The molecule has 1 aliphatic rings. The van der Waals surface area contributed by atoms with Crippen LogP contribution in [0.25, 0.3) is 0 Å². The number of ether oxygens (including phenoxy) is 1. The van der Waals surface area contributed by atoms with Crippen LogP contribution in [0.3, 0.4) is 0 Å². The summed E-state index contributed by atoms with van der Waals surface area (Å²) in [5.41, 5.74) is 0. The molecule has 6 heteroatoms. The van der Waals surface area contributed by atoms with E-state index in [1.54, 1.807) is 18.2 Å². The molecule has 0 aliphatic carbocycles. The van der Waals surface area contributed by atoms with Gasteiger partial charge in [0.25, 0.3) is 0 Å². The van der Waals surface area contributed by atoms with Gasteiger partial charge in [-0.2, -0.15) is 4.98 Å². The molecule has 118 valence electrons. The molecule has 1 aromatic carbocycles. The number of likely N-dealkylation sites (tertiary alicyclic amines) is 1. The highest BCUT2D eigenvalue weighted by Crippen LogP contribution is 2.29. The minimum atomic E-state index is -0.393.